The fraction of sp³-hybridized carbons (Fsp3) is 0.429. The summed E-state index contributed by atoms with van der Waals surface area (Å²) in [6.45, 7) is 13.5. The molecule has 1 aliphatic heterocycles. The third-order valence-electron chi connectivity index (χ3n) is 5.08. The summed E-state index contributed by atoms with van der Waals surface area (Å²) in [5.74, 6) is -0.164. The lowest BCUT2D eigenvalue weighted by molar-refractivity contribution is 0.102. The maximum atomic E-state index is 12.6. The standard InChI is InChI=1S/C21H28N4O/c1-5-24-8-10-25(11-9-24)18-6-7-19(22-14-18)21(26)23-20-16(3)12-15(2)13-17(20)4/h6-7,12-14H,5,8-11H2,1-4H3,(H,23,26). The topological polar surface area (TPSA) is 48.5 Å². The molecule has 0 bridgehead atoms. The molecule has 1 aromatic heterocycles. The van der Waals surface area contributed by atoms with E-state index in [9.17, 15) is 4.79 Å². The van der Waals surface area contributed by atoms with Gasteiger partial charge in [0, 0.05) is 31.9 Å². The molecule has 1 saturated heterocycles. The van der Waals surface area contributed by atoms with E-state index in [0.717, 1.165) is 55.2 Å². The summed E-state index contributed by atoms with van der Waals surface area (Å²) in [7, 11) is 0. The number of aromatic nitrogens is 1. The first-order valence-electron chi connectivity index (χ1n) is 9.30. The molecule has 1 amide bonds. The van der Waals surface area contributed by atoms with Crippen LogP contribution in [0.25, 0.3) is 0 Å². The summed E-state index contributed by atoms with van der Waals surface area (Å²) in [4.78, 5) is 21.7. The van der Waals surface area contributed by atoms with Gasteiger partial charge in [0.1, 0.15) is 5.69 Å². The van der Waals surface area contributed by atoms with Crippen molar-refractivity contribution in [2.75, 3.05) is 42.9 Å². The van der Waals surface area contributed by atoms with Crippen molar-refractivity contribution in [3.05, 3.63) is 52.8 Å². The van der Waals surface area contributed by atoms with Gasteiger partial charge in [-0.15, -0.1) is 0 Å². The molecule has 2 aromatic rings. The van der Waals surface area contributed by atoms with Crippen LogP contribution in [0.2, 0.25) is 0 Å². The van der Waals surface area contributed by atoms with Crippen molar-refractivity contribution in [1.29, 1.82) is 0 Å². The number of nitrogens with one attached hydrogen (secondary N) is 1. The number of carbonyl (C=O) groups is 1. The SMILES string of the molecule is CCN1CCN(c2ccc(C(=O)Nc3c(C)cc(C)cc3C)nc2)CC1. The van der Waals surface area contributed by atoms with Crippen LogP contribution in [0.15, 0.2) is 30.5 Å². The normalized spacial score (nSPS) is 15.2. The molecule has 1 N–H and O–H groups in total. The Morgan fingerprint density at radius 1 is 1.08 bits per heavy atom. The molecule has 3 rings (SSSR count). The van der Waals surface area contributed by atoms with E-state index in [1.807, 2.05) is 32.2 Å². The van der Waals surface area contributed by atoms with Crippen molar-refractivity contribution in [2.24, 2.45) is 0 Å². The lowest BCUT2D eigenvalue weighted by Crippen LogP contribution is -2.46. The number of benzene rings is 1. The quantitative estimate of drug-likeness (QED) is 0.916. The zero-order valence-corrected chi connectivity index (χ0v) is 16.2. The minimum Gasteiger partial charge on any atom is -0.368 e. The molecule has 138 valence electrons. The van der Waals surface area contributed by atoms with Crippen LogP contribution in [0.1, 0.15) is 34.1 Å². The van der Waals surface area contributed by atoms with E-state index in [-0.39, 0.29) is 5.91 Å². The van der Waals surface area contributed by atoms with Gasteiger partial charge in [-0.2, -0.15) is 0 Å². The molecular weight excluding hydrogens is 324 g/mol. The van der Waals surface area contributed by atoms with Gasteiger partial charge >= 0.3 is 0 Å². The Balaban J connectivity index is 1.68. The number of likely N-dealkylation sites (N-methyl/N-ethyl adjacent to an activating group) is 1. The molecule has 0 saturated carbocycles. The fourth-order valence-corrected chi connectivity index (χ4v) is 3.58. The number of rotatable bonds is 4. The molecule has 5 heteroatoms. The van der Waals surface area contributed by atoms with Crippen LogP contribution < -0.4 is 10.2 Å². The lowest BCUT2D eigenvalue weighted by atomic mass is 10.0. The van der Waals surface area contributed by atoms with Crippen LogP contribution >= 0.6 is 0 Å². The molecule has 0 unspecified atom stereocenters. The molecule has 0 spiro atoms. The molecule has 26 heavy (non-hydrogen) atoms. The second-order valence-corrected chi connectivity index (χ2v) is 7.05. The van der Waals surface area contributed by atoms with Gasteiger partial charge in [0.05, 0.1) is 11.9 Å². The Hall–Kier alpha value is -2.40. The number of carbonyl (C=O) groups excluding carboxylic acids is 1. The molecule has 5 nitrogen and oxygen atoms in total. The van der Waals surface area contributed by atoms with Crippen LogP contribution in [0.4, 0.5) is 11.4 Å². The summed E-state index contributed by atoms with van der Waals surface area (Å²) in [6.07, 6.45) is 1.81. The molecule has 2 heterocycles. The third kappa shape index (κ3) is 4.05. The van der Waals surface area contributed by atoms with Gasteiger partial charge in [0.25, 0.3) is 5.91 Å². The lowest BCUT2D eigenvalue weighted by Gasteiger charge is -2.35. The number of anilines is 2. The zero-order valence-electron chi connectivity index (χ0n) is 16.2. The van der Waals surface area contributed by atoms with Gasteiger partial charge in [-0.05, 0) is 50.6 Å². The summed E-state index contributed by atoms with van der Waals surface area (Å²) in [5.41, 5.74) is 5.74. The second-order valence-electron chi connectivity index (χ2n) is 7.05. The first kappa shape index (κ1) is 18.4. The smallest absolute Gasteiger partial charge is 0.274 e. The highest BCUT2D eigenvalue weighted by atomic mass is 16.1. The van der Waals surface area contributed by atoms with Crippen LogP contribution in [-0.2, 0) is 0 Å². The Morgan fingerprint density at radius 2 is 1.73 bits per heavy atom. The first-order chi connectivity index (χ1) is 12.5. The number of hydrogen-bond donors (Lipinski definition) is 1. The maximum Gasteiger partial charge on any atom is 0.274 e. The monoisotopic (exact) mass is 352 g/mol. The molecule has 0 aliphatic carbocycles. The first-order valence-corrected chi connectivity index (χ1v) is 9.30. The molecular formula is C21H28N4O. The molecule has 0 radical (unpaired) electrons. The van der Waals surface area contributed by atoms with E-state index < -0.39 is 0 Å². The number of aryl methyl sites for hydroxylation is 3. The van der Waals surface area contributed by atoms with E-state index in [1.54, 1.807) is 0 Å². The van der Waals surface area contributed by atoms with E-state index in [1.165, 1.54) is 5.56 Å². The number of pyridine rings is 1. The van der Waals surface area contributed by atoms with Gasteiger partial charge in [0.2, 0.25) is 0 Å². The van der Waals surface area contributed by atoms with Crippen LogP contribution in [-0.4, -0.2) is 48.5 Å². The summed E-state index contributed by atoms with van der Waals surface area (Å²) in [6, 6.07) is 7.97. The van der Waals surface area contributed by atoms with E-state index >= 15 is 0 Å². The molecule has 1 aromatic carbocycles. The van der Waals surface area contributed by atoms with Crippen LogP contribution in [0, 0.1) is 20.8 Å². The van der Waals surface area contributed by atoms with Crippen molar-refractivity contribution in [3.63, 3.8) is 0 Å². The minimum atomic E-state index is -0.164. The van der Waals surface area contributed by atoms with Gasteiger partial charge in [-0.1, -0.05) is 24.6 Å². The van der Waals surface area contributed by atoms with Crippen molar-refractivity contribution in [3.8, 4) is 0 Å². The number of nitrogens with zero attached hydrogens (tertiary/aromatic N) is 3. The van der Waals surface area contributed by atoms with Gasteiger partial charge in [-0.3, -0.25) is 4.79 Å². The Bertz CT molecular complexity index is 754. The summed E-state index contributed by atoms with van der Waals surface area (Å²) in [5, 5.41) is 3.01. The molecule has 1 fully saturated rings. The molecule has 0 atom stereocenters. The molecule has 1 aliphatic rings. The largest absolute Gasteiger partial charge is 0.368 e. The Labute approximate surface area is 156 Å². The number of hydrogen-bond acceptors (Lipinski definition) is 4. The highest BCUT2D eigenvalue weighted by Crippen LogP contribution is 2.23. The van der Waals surface area contributed by atoms with Crippen LogP contribution in [0.5, 0.6) is 0 Å². The maximum absolute atomic E-state index is 12.6. The van der Waals surface area contributed by atoms with E-state index in [4.69, 9.17) is 0 Å². The Morgan fingerprint density at radius 3 is 2.27 bits per heavy atom. The average Bonchev–Trinajstić information content (AvgIpc) is 2.64. The van der Waals surface area contributed by atoms with E-state index in [0.29, 0.717) is 5.69 Å². The minimum absolute atomic E-state index is 0.164. The van der Waals surface area contributed by atoms with Crippen LogP contribution in [0.3, 0.4) is 0 Å². The van der Waals surface area contributed by atoms with Gasteiger partial charge in [0.15, 0.2) is 0 Å². The summed E-state index contributed by atoms with van der Waals surface area (Å²) >= 11 is 0. The second kappa shape index (κ2) is 7.87. The van der Waals surface area contributed by atoms with Gasteiger partial charge < -0.3 is 15.1 Å². The predicted octanol–water partition coefficient (Wildman–Crippen LogP) is 3.40. The number of piperazine rings is 1. The van der Waals surface area contributed by atoms with Gasteiger partial charge in [-0.25, -0.2) is 4.98 Å². The van der Waals surface area contributed by atoms with Crippen molar-refractivity contribution >= 4 is 17.3 Å². The Kier molecular flexibility index (Phi) is 5.57. The zero-order chi connectivity index (χ0) is 18.7. The highest BCUT2D eigenvalue weighted by molar-refractivity contribution is 6.03. The average molecular weight is 352 g/mol. The van der Waals surface area contributed by atoms with Crippen molar-refractivity contribution in [2.45, 2.75) is 27.7 Å². The summed E-state index contributed by atoms with van der Waals surface area (Å²) < 4.78 is 0. The highest BCUT2D eigenvalue weighted by Gasteiger charge is 2.17. The van der Waals surface area contributed by atoms with E-state index in [2.05, 4.69) is 46.1 Å². The van der Waals surface area contributed by atoms with Crippen molar-refractivity contribution in [1.82, 2.24) is 9.88 Å². The van der Waals surface area contributed by atoms with Crippen molar-refractivity contribution < 1.29 is 4.79 Å². The fourth-order valence-electron chi connectivity index (χ4n) is 3.58. The third-order valence-corrected chi connectivity index (χ3v) is 5.08. The number of amides is 1. The predicted molar refractivity (Wildman–Crippen MR) is 107 cm³/mol.